The topological polar surface area (TPSA) is 79.3 Å². The summed E-state index contributed by atoms with van der Waals surface area (Å²) in [6, 6.07) is 6.22. The van der Waals surface area contributed by atoms with Crippen LogP contribution in [0.2, 0.25) is 0 Å². The molecule has 5 nitrogen and oxygen atoms in total. The minimum absolute atomic E-state index is 0.148. The molecule has 0 aliphatic heterocycles. The quantitative estimate of drug-likeness (QED) is 0.849. The van der Waals surface area contributed by atoms with Gasteiger partial charge in [-0.1, -0.05) is 17.7 Å². The Bertz CT molecular complexity index is 876. The van der Waals surface area contributed by atoms with E-state index in [2.05, 4.69) is 28.5 Å². The van der Waals surface area contributed by atoms with Gasteiger partial charge in [0.05, 0.1) is 17.5 Å². The van der Waals surface area contributed by atoms with E-state index >= 15 is 0 Å². The van der Waals surface area contributed by atoms with Crippen LogP contribution in [-0.4, -0.2) is 22.0 Å². The van der Waals surface area contributed by atoms with Crippen molar-refractivity contribution in [1.29, 1.82) is 0 Å². The lowest BCUT2D eigenvalue weighted by Crippen LogP contribution is -2.37. The molecule has 2 fully saturated rings. The van der Waals surface area contributed by atoms with E-state index in [0.29, 0.717) is 5.13 Å². The fourth-order valence-corrected chi connectivity index (χ4v) is 5.39. The van der Waals surface area contributed by atoms with Crippen molar-refractivity contribution in [3.8, 4) is 11.3 Å². The second-order valence-corrected chi connectivity index (χ2v) is 8.43. The highest BCUT2D eigenvalue weighted by Gasteiger charge is 2.54. The molecule has 2 bridgehead atoms. The number of fused-ring (bicyclic) bond motifs is 2. The summed E-state index contributed by atoms with van der Waals surface area (Å²) in [5.41, 5.74) is 4.20. The largest absolute Gasteiger partial charge is 0.481 e. The number of aryl methyl sites for hydroxylation is 2. The first kappa shape index (κ1) is 17.2. The van der Waals surface area contributed by atoms with Gasteiger partial charge in [-0.15, -0.1) is 11.3 Å². The Kier molecular flexibility index (Phi) is 4.31. The number of hydrogen-bond acceptors (Lipinski definition) is 4. The van der Waals surface area contributed by atoms with Gasteiger partial charge in [-0.25, -0.2) is 4.98 Å². The van der Waals surface area contributed by atoms with E-state index in [4.69, 9.17) is 0 Å². The predicted octanol–water partition coefficient (Wildman–Crippen LogP) is 4.11. The Labute approximate surface area is 156 Å². The molecule has 0 unspecified atom stereocenters. The standard InChI is InChI=1S/C20H22N2O3S/c1-10-3-4-11(2)14(7-10)15-9-26-20(21-15)22-18(23)16-12-5-6-13(8-12)17(16)19(24)25/h3-4,7,9,12-13,16-17H,5-6,8H2,1-2H3,(H,24,25)(H,21,22,23)/t12-,13+,16+,17+/m1/s1. The number of aliphatic carboxylic acids is 1. The van der Waals surface area contributed by atoms with Gasteiger partial charge in [0.1, 0.15) is 0 Å². The first-order valence-electron chi connectivity index (χ1n) is 9.01. The molecule has 1 amide bonds. The number of amides is 1. The Morgan fingerprint density at radius 3 is 2.65 bits per heavy atom. The minimum atomic E-state index is -0.840. The number of aromatic nitrogens is 1. The van der Waals surface area contributed by atoms with E-state index in [1.165, 1.54) is 11.3 Å². The molecule has 2 aromatic rings. The summed E-state index contributed by atoms with van der Waals surface area (Å²) in [5.74, 6) is -1.67. The maximum Gasteiger partial charge on any atom is 0.307 e. The first-order chi connectivity index (χ1) is 12.4. The van der Waals surface area contributed by atoms with Crippen molar-refractivity contribution in [1.82, 2.24) is 4.98 Å². The summed E-state index contributed by atoms with van der Waals surface area (Å²) in [6.07, 6.45) is 2.75. The average Bonchev–Trinajstić information content (AvgIpc) is 3.32. The lowest BCUT2D eigenvalue weighted by Gasteiger charge is -2.26. The van der Waals surface area contributed by atoms with Crippen LogP contribution in [0.1, 0.15) is 30.4 Å². The van der Waals surface area contributed by atoms with Gasteiger partial charge in [-0.3, -0.25) is 9.59 Å². The maximum absolute atomic E-state index is 12.8. The molecule has 4 atom stereocenters. The number of thiazole rings is 1. The zero-order valence-corrected chi connectivity index (χ0v) is 15.7. The van der Waals surface area contributed by atoms with Crippen LogP contribution in [0.15, 0.2) is 23.6 Å². The van der Waals surface area contributed by atoms with Crippen molar-refractivity contribution in [2.24, 2.45) is 23.7 Å². The highest BCUT2D eigenvalue weighted by molar-refractivity contribution is 7.14. The van der Waals surface area contributed by atoms with Crippen LogP contribution < -0.4 is 5.32 Å². The van der Waals surface area contributed by atoms with Crippen molar-refractivity contribution in [3.05, 3.63) is 34.7 Å². The van der Waals surface area contributed by atoms with Gasteiger partial charge in [-0.05, 0) is 56.6 Å². The smallest absolute Gasteiger partial charge is 0.307 e. The van der Waals surface area contributed by atoms with Crippen LogP contribution in [0.5, 0.6) is 0 Å². The Balaban J connectivity index is 1.53. The molecule has 0 radical (unpaired) electrons. The second kappa shape index (κ2) is 6.50. The number of benzene rings is 1. The highest BCUT2D eigenvalue weighted by atomic mass is 32.1. The summed E-state index contributed by atoms with van der Waals surface area (Å²) in [7, 11) is 0. The monoisotopic (exact) mass is 370 g/mol. The Morgan fingerprint density at radius 1 is 1.19 bits per heavy atom. The van der Waals surface area contributed by atoms with Crippen molar-refractivity contribution < 1.29 is 14.7 Å². The number of anilines is 1. The Hall–Kier alpha value is -2.21. The number of carbonyl (C=O) groups is 2. The molecule has 2 aliphatic carbocycles. The minimum Gasteiger partial charge on any atom is -0.481 e. The van der Waals surface area contributed by atoms with Crippen LogP contribution in [0.3, 0.4) is 0 Å². The van der Waals surface area contributed by atoms with E-state index < -0.39 is 17.8 Å². The summed E-state index contributed by atoms with van der Waals surface area (Å²) in [5, 5.41) is 14.9. The number of carboxylic acids is 1. The molecule has 1 aromatic heterocycles. The molecule has 2 saturated carbocycles. The third kappa shape index (κ3) is 2.92. The number of carboxylic acid groups (broad SMARTS) is 1. The molecular formula is C20H22N2O3S. The molecule has 1 aromatic carbocycles. The van der Waals surface area contributed by atoms with Gasteiger partial charge in [0.25, 0.3) is 0 Å². The van der Waals surface area contributed by atoms with E-state index in [9.17, 15) is 14.7 Å². The molecule has 136 valence electrons. The molecule has 2 N–H and O–H groups in total. The molecule has 1 heterocycles. The number of rotatable bonds is 4. The van der Waals surface area contributed by atoms with Gasteiger partial charge >= 0.3 is 5.97 Å². The van der Waals surface area contributed by atoms with Gasteiger partial charge < -0.3 is 10.4 Å². The fraction of sp³-hybridized carbons (Fsp3) is 0.450. The van der Waals surface area contributed by atoms with Crippen molar-refractivity contribution in [3.63, 3.8) is 0 Å². The maximum atomic E-state index is 12.8. The lowest BCUT2D eigenvalue weighted by atomic mass is 9.79. The average molecular weight is 370 g/mol. The van der Waals surface area contributed by atoms with E-state index in [1.54, 1.807) is 0 Å². The molecule has 26 heavy (non-hydrogen) atoms. The molecular weight excluding hydrogens is 348 g/mol. The second-order valence-electron chi connectivity index (χ2n) is 7.57. The highest BCUT2D eigenvalue weighted by Crippen LogP contribution is 2.52. The van der Waals surface area contributed by atoms with Gasteiger partial charge in [0.2, 0.25) is 5.91 Å². The Morgan fingerprint density at radius 2 is 1.92 bits per heavy atom. The summed E-state index contributed by atoms with van der Waals surface area (Å²) >= 11 is 1.39. The zero-order valence-electron chi connectivity index (χ0n) is 14.9. The first-order valence-corrected chi connectivity index (χ1v) is 9.89. The van der Waals surface area contributed by atoms with Crippen LogP contribution in [0, 0.1) is 37.5 Å². The number of nitrogens with zero attached hydrogens (tertiary/aromatic N) is 1. The lowest BCUT2D eigenvalue weighted by molar-refractivity contribution is -0.148. The van der Waals surface area contributed by atoms with Crippen LogP contribution in [0.4, 0.5) is 5.13 Å². The van der Waals surface area contributed by atoms with E-state index in [1.807, 2.05) is 19.2 Å². The van der Waals surface area contributed by atoms with Crippen molar-refractivity contribution >= 4 is 28.3 Å². The summed E-state index contributed by atoms with van der Waals surface area (Å²) < 4.78 is 0. The number of carbonyl (C=O) groups excluding carboxylic acids is 1. The number of hydrogen-bond donors (Lipinski definition) is 2. The van der Waals surface area contributed by atoms with E-state index in [0.717, 1.165) is 41.6 Å². The number of nitrogens with one attached hydrogen (secondary N) is 1. The van der Waals surface area contributed by atoms with Gasteiger partial charge in [0.15, 0.2) is 5.13 Å². The molecule has 0 saturated heterocycles. The summed E-state index contributed by atoms with van der Waals surface area (Å²) in [4.78, 5) is 29.0. The molecule has 6 heteroatoms. The normalized spacial score (nSPS) is 26.8. The summed E-state index contributed by atoms with van der Waals surface area (Å²) in [6.45, 7) is 4.08. The third-order valence-corrected chi connectivity index (χ3v) is 6.67. The van der Waals surface area contributed by atoms with Crippen molar-refractivity contribution in [2.45, 2.75) is 33.1 Å². The van der Waals surface area contributed by atoms with Crippen LogP contribution >= 0.6 is 11.3 Å². The predicted molar refractivity (Wildman–Crippen MR) is 101 cm³/mol. The van der Waals surface area contributed by atoms with Crippen LogP contribution in [-0.2, 0) is 9.59 Å². The SMILES string of the molecule is Cc1ccc(C)c(-c2csc(NC(=O)[C@H]3[C@@H]4CC[C@@H](C4)[C@@H]3C(=O)O)n2)c1. The molecule has 0 spiro atoms. The molecule has 2 aliphatic rings. The van der Waals surface area contributed by atoms with E-state index in [-0.39, 0.29) is 17.7 Å². The van der Waals surface area contributed by atoms with Gasteiger partial charge in [0, 0.05) is 10.9 Å². The zero-order chi connectivity index (χ0) is 18.4. The van der Waals surface area contributed by atoms with Crippen LogP contribution in [0.25, 0.3) is 11.3 Å². The third-order valence-electron chi connectivity index (χ3n) is 5.91. The molecule has 4 rings (SSSR count). The van der Waals surface area contributed by atoms with Gasteiger partial charge in [-0.2, -0.15) is 0 Å². The fourth-order valence-electron chi connectivity index (χ4n) is 4.68. The van der Waals surface area contributed by atoms with Crippen molar-refractivity contribution in [2.75, 3.05) is 5.32 Å².